The Bertz CT molecular complexity index is 3240. The molecule has 9 aromatic rings. The molecule has 0 aliphatic rings. The lowest BCUT2D eigenvalue weighted by Crippen LogP contribution is -2.12. The molecule has 474 valence electrons. The van der Waals surface area contributed by atoms with Gasteiger partial charge >= 0.3 is 0 Å². The average Bonchev–Trinajstić information content (AvgIpc) is 0.828. The molecule has 2 atom stereocenters. The molecule has 0 amide bonds. The van der Waals surface area contributed by atoms with Crippen LogP contribution < -0.4 is 9.47 Å². The zero-order chi connectivity index (χ0) is 60.8. The predicted molar refractivity (Wildman–Crippen MR) is 392 cm³/mol. The van der Waals surface area contributed by atoms with Gasteiger partial charge in [0.2, 0.25) is 0 Å². The highest BCUT2D eigenvalue weighted by molar-refractivity contribution is 6.23. The van der Waals surface area contributed by atoms with Gasteiger partial charge in [0.05, 0.1) is 13.2 Å². The zero-order valence-corrected chi connectivity index (χ0v) is 56.2. The first-order chi connectivity index (χ1) is 43.5. The van der Waals surface area contributed by atoms with E-state index in [0.29, 0.717) is 11.8 Å². The van der Waals surface area contributed by atoms with Crippen LogP contribution >= 0.6 is 0 Å². The van der Waals surface area contributed by atoms with E-state index in [2.05, 4.69) is 149 Å². The van der Waals surface area contributed by atoms with Gasteiger partial charge in [-0.15, -0.1) is 0 Å². The number of unbranched alkanes of at least 4 members (excludes halogenated alkanes) is 32. The lowest BCUT2D eigenvalue weighted by Gasteiger charge is -2.18. The summed E-state index contributed by atoms with van der Waals surface area (Å²) in [5.41, 5.74) is 0. The minimum Gasteiger partial charge on any atom is -0.493 e. The second kappa shape index (κ2) is 37.7. The fourth-order valence-electron chi connectivity index (χ4n) is 14.9. The van der Waals surface area contributed by atoms with Crippen molar-refractivity contribution in [1.29, 1.82) is 0 Å². The molecule has 0 N–H and O–H groups in total. The normalized spacial score (nSPS) is 12.8. The van der Waals surface area contributed by atoms with Crippen molar-refractivity contribution in [3.63, 3.8) is 0 Å². The number of fused-ring (bicyclic) bond motifs is 12. The SMILES string of the molecule is CCCCCCCCCCCCC(CCCCCCCCCC)COc1ccc2c(ccc3cc4c(ccc5cc6c(ccc7cc8c(ccc9cc(OCC(CCCCCCCCCC)CCCCCCCCCCCC)ccc98)cc76)cc54)cc32)c1. The first-order valence-corrected chi connectivity index (χ1v) is 37.3. The van der Waals surface area contributed by atoms with E-state index >= 15 is 0 Å². The summed E-state index contributed by atoms with van der Waals surface area (Å²) in [4.78, 5) is 0. The predicted octanol–water partition coefficient (Wildman–Crippen LogP) is 28.6. The first kappa shape index (κ1) is 67.1. The molecule has 0 aliphatic carbocycles. The van der Waals surface area contributed by atoms with Gasteiger partial charge in [-0.25, -0.2) is 0 Å². The molecular weight excluding hydrogens is 1060 g/mol. The van der Waals surface area contributed by atoms with Gasteiger partial charge in [-0.3, -0.25) is 0 Å². The van der Waals surface area contributed by atoms with Crippen LogP contribution in [0.5, 0.6) is 11.5 Å². The molecule has 0 fully saturated rings. The van der Waals surface area contributed by atoms with Gasteiger partial charge in [0.1, 0.15) is 11.5 Å². The Labute approximate surface area is 535 Å². The van der Waals surface area contributed by atoms with Crippen LogP contribution in [0.1, 0.15) is 285 Å². The van der Waals surface area contributed by atoms with Gasteiger partial charge < -0.3 is 9.47 Å². The molecule has 9 aromatic carbocycles. The molecule has 2 heteroatoms. The van der Waals surface area contributed by atoms with E-state index in [1.165, 1.54) is 343 Å². The lowest BCUT2D eigenvalue weighted by molar-refractivity contribution is 0.224. The second-order valence-electron chi connectivity index (χ2n) is 27.7. The Kier molecular flexibility index (Phi) is 28.8. The van der Waals surface area contributed by atoms with Gasteiger partial charge in [0.15, 0.2) is 0 Å². The molecule has 0 aliphatic heterocycles. The molecule has 88 heavy (non-hydrogen) atoms. The van der Waals surface area contributed by atoms with Gasteiger partial charge in [-0.2, -0.15) is 0 Å². The molecular formula is C86H118O2. The van der Waals surface area contributed by atoms with E-state index in [-0.39, 0.29) is 0 Å². The minimum atomic E-state index is 0.635. The van der Waals surface area contributed by atoms with E-state index in [1.54, 1.807) is 0 Å². The van der Waals surface area contributed by atoms with Gasteiger partial charge in [0, 0.05) is 0 Å². The molecule has 0 radical (unpaired) electrons. The van der Waals surface area contributed by atoms with Crippen molar-refractivity contribution in [1.82, 2.24) is 0 Å². The van der Waals surface area contributed by atoms with E-state index in [0.717, 1.165) is 24.7 Å². The number of rotatable bonds is 46. The van der Waals surface area contributed by atoms with Crippen molar-refractivity contribution in [2.45, 2.75) is 285 Å². The summed E-state index contributed by atoms with van der Waals surface area (Å²) in [6.45, 7) is 10.9. The number of hydrogen-bond acceptors (Lipinski definition) is 2. The summed E-state index contributed by atoms with van der Waals surface area (Å²) < 4.78 is 13.5. The molecule has 2 unspecified atom stereocenters. The van der Waals surface area contributed by atoms with E-state index in [9.17, 15) is 0 Å². The van der Waals surface area contributed by atoms with Crippen LogP contribution in [0.25, 0.3) is 86.2 Å². The summed E-state index contributed by atoms with van der Waals surface area (Å²) in [5, 5.41) is 20.7. The largest absolute Gasteiger partial charge is 0.493 e. The van der Waals surface area contributed by atoms with E-state index < -0.39 is 0 Å². The number of benzene rings is 9. The third kappa shape index (κ3) is 20.3. The summed E-state index contributed by atoms with van der Waals surface area (Å²) in [6, 6.07) is 47.1. The molecule has 0 saturated heterocycles. The highest BCUT2D eigenvalue weighted by Crippen LogP contribution is 2.40. The van der Waals surface area contributed by atoms with Crippen LogP contribution in [0.15, 0.2) is 121 Å². The topological polar surface area (TPSA) is 18.5 Å². The third-order valence-electron chi connectivity index (χ3n) is 20.5. The standard InChI is InChI=1S/C86H118O2/c1-5-9-13-17-21-25-27-31-35-39-43-67(41-37-33-29-23-19-15-11-7-3)65-87-77-53-55-79-69(57-77)45-47-71-61-83-73(59-81(71)79)49-51-75-64-86-76(63-85(75)83)52-50-74-60-82-72(62-84(74)86)48-46-70-58-78(54-56-80(70)82)88-66-68(42-38-34-30-24-20-16-12-8-4)44-40-36-32-28-26-22-18-14-10-6-2/h45-64,67-68H,5-44,65-66H2,1-4H3. The Balaban J connectivity index is 0.845. The zero-order valence-electron chi connectivity index (χ0n) is 56.2. The van der Waals surface area contributed by atoms with Crippen LogP contribution in [0.3, 0.4) is 0 Å². The molecule has 0 saturated carbocycles. The van der Waals surface area contributed by atoms with Crippen molar-refractivity contribution < 1.29 is 9.47 Å². The van der Waals surface area contributed by atoms with Crippen LogP contribution in [-0.4, -0.2) is 13.2 Å². The first-order valence-electron chi connectivity index (χ1n) is 37.3. The maximum Gasteiger partial charge on any atom is 0.119 e. The maximum atomic E-state index is 6.73. The quantitative estimate of drug-likeness (QED) is 0.0215. The average molecular weight is 1180 g/mol. The molecule has 2 nitrogen and oxygen atoms in total. The van der Waals surface area contributed by atoms with Crippen molar-refractivity contribution in [2.75, 3.05) is 13.2 Å². The highest BCUT2D eigenvalue weighted by atomic mass is 16.5. The van der Waals surface area contributed by atoms with Crippen molar-refractivity contribution >= 4 is 86.2 Å². The van der Waals surface area contributed by atoms with Crippen LogP contribution in [-0.2, 0) is 0 Å². The molecule has 9 rings (SSSR count). The Morgan fingerprint density at radius 1 is 0.205 bits per heavy atom. The molecule has 0 spiro atoms. The summed E-state index contributed by atoms with van der Waals surface area (Å²) in [5.74, 6) is 3.30. The molecule has 0 heterocycles. The van der Waals surface area contributed by atoms with Gasteiger partial charge in [0.25, 0.3) is 0 Å². The number of ether oxygens (including phenoxy) is 2. The Morgan fingerprint density at radius 3 is 0.625 bits per heavy atom. The van der Waals surface area contributed by atoms with E-state index in [4.69, 9.17) is 9.47 Å². The highest BCUT2D eigenvalue weighted by Gasteiger charge is 2.16. The Morgan fingerprint density at radius 2 is 0.398 bits per heavy atom. The lowest BCUT2D eigenvalue weighted by atomic mass is 9.91. The summed E-state index contributed by atoms with van der Waals surface area (Å²) in [7, 11) is 0. The second-order valence-corrected chi connectivity index (χ2v) is 27.7. The Hall–Kier alpha value is -5.34. The van der Waals surface area contributed by atoms with Gasteiger partial charge in [-0.1, -0.05) is 320 Å². The number of hydrogen-bond donors (Lipinski definition) is 0. The van der Waals surface area contributed by atoms with E-state index in [1.807, 2.05) is 0 Å². The minimum absolute atomic E-state index is 0.635. The third-order valence-corrected chi connectivity index (χ3v) is 20.5. The van der Waals surface area contributed by atoms with Crippen LogP contribution in [0.4, 0.5) is 0 Å². The summed E-state index contributed by atoms with van der Waals surface area (Å²) in [6.07, 6.45) is 55.2. The monoisotopic (exact) mass is 1180 g/mol. The molecule has 0 aromatic heterocycles. The maximum absolute atomic E-state index is 6.73. The van der Waals surface area contributed by atoms with Crippen molar-refractivity contribution in [2.24, 2.45) is 11.8 Å². The summed E-state index contributed by atoms with van der Waals surface area (Å²) >= 11 is 0. The van der Waals surface area contributed by atoms with Crippen LogP contribution in [0.2, 0.25) is 0 Å². The fourth-order valence-corrected chi connectivity index (χ4v) is 14.9. The van der Waals surface area contributed by atoms with Gasteiger partial charge in [-0.05, 0) is 184 Å². The van der Waals surface area contributed by atoms with Crippen molar-refractivity contribution in [3.05, 3.63) is 121 Å². The molecule has 0 bridgehead atoms. The van der Waals surface area contributed by atoms with Crippen LogP contribution in [0, 0.1) is 11.8 Å². The smallest absolute Gasteiger partial charge is 0.119 e. The fraction of sp³-hybridized carbons (Fsp3) is 0.558. The van der Waals surface area contributed by atoms with Crippen molar-refractivity contribution in [3.8, 4) is 11.5 Å².